The fraction of sp³-hybridized carbons (Fsp3) is 0. The van der Waals surface area contributed by atoms with E-state index in [1.165, 1.54) is 6.20 Å². The highest BCUT2D eigenvalue weighted by molar-refractivity contribution is 5.72. The van der Waals surface area contributed by atoms with Gasteiger partial charge < -0.3 is 17.0 Å². The molecule has 0 saturated heterocycles. The minimum atomic E-state index is 0. The zero-order valence-electron chi connectivity index (χ0n) is 6.70. The van der Waals surface area contributed by atoms with Crippen molar-refractivity contribution in [3.8, 4) is 0 Å². The molecule has 0 atom stereocenters. The highest BCUT2D eigenvalue weighted by Gasteiger charge is 2.04. The number of halogens is 1. The minimum Gasteiger partial charge on any atom is -1.00 e. The Morgan fingerprint density at radius 3 is 2.92 bits per heavy atom. The number of aromatic amines is 1. The van der Waals surface area contributed by atoms with E-state index in [1.807, 2.05) is 24.3 Å². The molecule has 0 amide bonds. The van der Waals surface area contributed by atoms with E-state index < -0.39 is 0 Å². The van der Waals surface area contributed by atoms with Crippen LogP contribution in [0.15, 0.2) is 30.6 Å². The Morgan fingerprint density at radius 2 is 2.15 bits per heavy atom. The van der Waals surface area contributed by atoms with E-state index in [-0.39, 0.29) is 17.0 Å². The Bertz CT molecular complexity index is 457. The van der Waals surface area contributed by atoms with Crippen LogP contribution >= 0.6 is 0 Å². The normalized spacial score (nSPS) is 8.92. The topological polar surface area (TPSA) is 36.7 Å². The summed E-state index contributed by atoms with van der Waals surface area (Å²) in [6.45, 7) is 0. The van der Waals surface area contributed by atoms with Crippen molar-refractivity contribution in [1.29, 1.82) is 0 Å². The maximum atomic E-state index is 10.1. The average molecular weight is 239 g/mol. The van der Waals surface area contributed by atoms with E-state index in [0.29, 0.717) is 0 Å². The molecule has 0 aliphatic heterocycles. The van der Waals surface area contributed by atoms with Crippen LogP contribution in [0.25, 0.3) is 17.2 Å². The molecular weight excluding hydrogens is 232 g/mol. The number of nitrogens with one attached hydrogen (secondary N) is 1. The van der Waals surface area contributed by atoms with Gasteiger partial charge in [-0.15, -0.1) is 0 Å². The number of nitrogens with zero attached hydrogens (tertiary/aromatic N) is 1. The predicted octanol–water partition coefficient (Wildman–Crippen LogP) is -2.24. The van der Waals surface area contributed by atoms with Gasteiger partial charge in [-0.3, -0.25) is 0 Å². The summed E-state index contributed by atoms with van der Waals surface area (Å²) in [6.07, 6.45) is 3.06. The lowest BCUT2D eigenvalue weighted by atomic mass is 10.3. The second kappa shape index (κ2) is 4.03. The molecule has 0 aliphatic carbocycles. The maximum Gasteiger partial charge on any atom is 0.247 e. The molecule has 1 aromatic heterocycles. The van der Waals surface area contributed by atoms with Gasteiger partial charge >= 0.3 is 0 Å². The largest absolute Gasteiger partial charge is 1.00 e. The van der Waals surface area contributed by atoms with E-state index in [0.717, 1.165) is 11.0 Å². The van der Waals surface area contributed by atoms with Gasteiger partial charge in [-0.1, -0.05) is 12.1 Å². The molecule has 4 heteroatoms. The number of rotatable bonds is 1. The molecule has 0 radical (unpaired) electrons. The summed E-state index contributed by atoms with van der Waals surface area (Å²) >= 11 is 0. The number of hydrogen-bond acceptors (Lipinski definition) is 1. The number of hydrogen-bond donors (Lipinski definition) is 1. The highest BCUT2D eigenvalue weighted by Crippen LogP contribution is 2.04. The number of para-hydroxylation sites is 2. The van der Waals surface area contributed by atoms with Crippen molar-refractivity contribution in [3.05, 3.63) is 30.6 Å². The second-order valence-corrected chi connectivity index (χ2v) is 2.44. The molecule has 2 aromatic rings. The summed E-state index contributed by atoms with van der Waals surface area (Å²) in [4.78, 5) is 13.1. The summed E-state index contributed by atoms with van der Waals surface area (Å²) in [5.74, 6) is 1.73. The van der Waals surface area contributed by atoms with Crippen LogP contribution in [0, 0.1) is 0 Å². The van der Waals surface area contributed by atoms with E-state index in [9.17, 15) is 4.79 Å². The summed E-state index contributed by atoms with van der Waals surface area (Å²) < 4.78 is 1.70. The number of benzene rings is 1. The minimum absolute atomic E-state index is 0. The van der Waals surface area contributed by atoms with E-state index in [1.54, 1.807) is 16.8 Å². The third-order valence-corrected chi connectivity index (χ3v) is 1.73. The van der Waals surface area contributed by atoms with E-state index in [4.69, 9.17) is 0 Å². The van der Waals surface area contributed by atoms with Gasteiger partial charge in [0.25, 0.3) is 0 Å². The first-order chi connectivity index (χ1) is 5.92. The zero-order chi connectivity index (χ0) is 8.39. The van der Waals surface area contributed by atoms with Crippen molar-refractivity contribution in [2.24, 2.45) is 0 Å². The van der Waals surface area contributed by atoms with Crippen LogP contribution in [0.1, 0.15) is 0 Å². The van der Waals surface area contributed by atoms with E-state index >= 15 is 0 Å². The summed E-state index contributed by atoms with van der Waals surface area (Å²) in [5.41, 5.74) is 1.98. The Labute approximate surface area is 85.5 Å². The number of fused-ring (bicyclic) bond motifs is 1. The summed E-state index contributed by atoms with van der Waals surface area (Å²) in [7, 11) is 0. The van der Waals surface area contributed by atoms with Crippen LogP contribution in [0.5, 0.6) is 0 Å². The van der Waals surface area contributed by atoms with Crippen LogP contribution in [0.3, 0.4) is 0 Å². The Balaban J connectivity index is 0.000000845. The van der Waals surface area contributed by atoms with Crippen LogP contribution in [-0.2, 0) is 4.79 Å². The van der Waals surface area contributed by atoms with Crippen molar-refractivity contribution in [2.45, 2.75) is 0 Å². The molecule has 3 nitrogen and oxygen atoms in total. The molecule has 1 heterocycles. The lowest BCUT2D eigenvalue weighted by Gasteiger charge is -1.82. The van der Waals surface area contributed by atoms with Crippen LogP contribution in [-0.4, -0.2) is 10.9 Å². The predicted molar refractivity (Wildman–Crippen MR) is 44.9 cm³/mol. The van der Waals surface area contributed by atoms with Gasteiger partial charge in [0.1, 0.15) is 0 Å². The van der Waals surface area contributed by atoms with E-state index in [2.05, 4.69) is 4.98 Å². The Hall–Kier alpha value is -1.38. The number of H-pyrrole nitrogens is 1. The van der Waals surface area contributed by atoms with Gasteiger partial charge in [0.05, 0.1) is 0 Å². The van der Waals surface area contributed by atoms with Crippen molar-refractivity contribution in [3.63, 3.8) is 0 Å². The molecule has 2 rings (SSSR count). The highest BCUT2D eigenvalue weighted by atomic mass is 79.9. The molecule has 66 valence electrons. The quantitative estimate of drug-likeness (QED) is 0.443. The van der Waals surface area contributed by atoms with Crippen molar-refractivity contribution < 1.29 is 26.3 Å². The molecular formula is C9H7BrN2O. The molecule has 13 heavy (non-hydrogen) atoms. The number of carbonyl (C=O) groups excluding carboxylic acids is 1. The molecule has 0 aliphatic rings. The molecule has 0 unspecified atom stereocenters. The van der Waals surface area contributed by atoms with Gasteiger partial charge in [-0.25, -0.2) is 9.78 Å². The lowest BCUT2D eigenvalue weighted by Crippen LogP contribution is -3.00. The maximum absolute atomic E-state index is 10.1. The smallest absolute Gasteiger partial charge is 0.247 e. The summed E-state index contributed by atoms with van der Waals surface area (Å²) in [6, 6.07) is 7.74. The summed E-state index contributed by atoms with van der Waals surface area (Å²) in [5, 5.41) is 0. The molecule has 0 bridgehead atoms. The zero-order valence-corrected chi connectivity index (χ0v) is 8.28. The third kappa shape index (κ3) is 1.69. The van der Waals surface area contributed by atoms with Crippen molar-refractivity contribution >= 4 is 23.2 Å². The lowest BCUT2D eigenvalue weighted by molar-refractivity contribution is -0.537. The average Bonchev–Trinajstić information content (AvgIpc) is 2.50. The third-order valence-electron chi connectivity index (χ3n) is 1.73. The fourth-order valence-electron chi connectivity index (χ4n) is 1.19. The van der Waals surface area contributed by atoms with Crippen molar-refractivity contribution in [2.75, 3.05) is 0 Å². The van der Waals surface area contributed by atoms with Gasteiger partial charge in [0.2, 0.25) is 6.33 Å². The number of imidazole rings is 1. The van der Waals surface area contributed by atoms with Gasteiger partial charge in [-0.05, 0) is 12.1 Å². The monoisotopic (exact) mass is 238 g/mol. The molecule has 1 aromatic carbocycles. The fourth-order valence-corrected chi connectivity index (χ4v) is 1.19. The van der Waals surface area contributed by atoms with Gasteiger partial charge in [0.15, 0.2) is 23.2 Å². The van der Waals surface area contributed by atoms with Crippen LogP contribution in [0.4, 0.5) is 0 Å². The Morgan fingerprint density at radius 1 is 1.38 bits per heavy atom. The SMILES string of the molecule is O=C=C[n+]1c[nH]c2ccccc21.[Br-]. The second-order valence-electron chi connectivity index (χ2n) is 2.44. The van der Waals surface area contributed by atoms with Crippen molar-refractivity contribution in [1.82, 2.24) is 4.98 Å². The first-order valence-electron chi connectivity index (χ1n) is 3.60. The van der Waals surface area contributed by atoms with Crippen LogP contribution in [0.2, 0.25) is 0 Å². The standard InChI is InChI=1S/C9H6N2O.BrH/c12-6-5-11-7-10-8-3-1-2-4-9(8)11;/h1-5,7H;1H. The molecule has 0 spiro atoms. The van der Waals surface area contributed by atoms with Crippen LogP contribution < -0.4 is 21.5 Å². The first-order valence-corrected chi connectivity index (χ1v) is 3.60. The first kappa shape index (κ1) is 9.71. The molecule has 0 saturated carbocycles. The Kier molecular flexibility index (Phi) is 3.01. The van der Waals surface area contributed by atoms with Gasteiger partial charge in [-0.2, -0.15) is 4.57 Å². The molecule has 0 fully saturated rings. The number of aromatic nitrogens is 2. The molecule has 1 N–H and O–H groups in total. The van der Waals surface area contributed by atoms with Gasteiger partial charge in [0, 0.05) is 0 Å².